The molecule has 0 aromatic heterocycles. The molecule has 29 heavy (non-hydrogen) atoms. The van der Waals surface area contributed by atoms with Gasteiger partial charge in [0.05, 0.1) is 17.9 Å². The standard InChI is InChI=1S/C24H22N2O3/c27-16-17-11-13-19(14-12-17)23(28)25-21-9-3-2-8-20(21)24(29)26-15-5-7-18-6-1-4-10-22(18)26/h1-4,6,8-14,27H,5,7,15-16H2,(H,25,28). The summed E-state index contributed by atoms with van der Waals surface area (Å²) >= 11 is 0. The van der Waals surface area contributed by atoms with Crippen LogP contribution in [-0.2, 0) is 13.0 Å². The number of aliphatic hydroxyl groups is 1. The van der Waals surface area contributed by atoms with Gasteiger partial charge in [0.25, 0.3) is 11.8 Å². The maximum absolute atomic E-state index is 13.3. The maximum atomic E-state index is 13.3. The Morgan fingerprint density at radius 1 is 0.931 bits per heavy atom. The van der Waals surface area contributed by atoms with Gasteiger partial charge in [0.2, 0.25) is 0 Å². The fourth-order valence-electron chi connectivity index (χ4n) is 3.62. The minimum atomic E-state index is -0.297. The lowest BCUT2D eigenvalue weighted by Crippen LogP contribution is -2.36. The third kappa shape index (κ3) is 3.91. The molecule has 2 N–H and O–H groups in total. The fourth-order valence-corrected chi connectivity index (χ4v) is 3.62. The Bertz CT molecular complexity index is 1040. The van der Waals surface area contributed by atoms with Crippen LogP contribution in [0, 0.1) is 0 Å². The first kappa shape index (κ1) is 18.9. The number of para-hydroxylation sites is 2. The van der Waals surface area contributed by atoms with Crippen LogP contribution in [0.25, 0.3) is 0 Å². The monoisotopic (exact) mass is 386 g/mol. The zero-order valence-corrected chi connectivity index (χ0v) is 16.0. The van der Waals surface area contributed by atoms with Gasteiger partial charge in [-0.3, -0.25) is 9.59 Å². The summed E-state index contributed by atoms with van der Waals surface area (Å²) in [6.45, 7) is 0.581. The number of amides is 2. The Labute approximate surface area is 169 Å². The van der Waals surface area contributed by atoms with Gasteiger partial charge in [0.15, 0.2) is 0 Å². The first-order valence-electron chi connectivity index (χ1n) is 9.67. The van der Waals surface area contributed by atoms with Crippen molar-refractivity contribution in [2.45, 2.75) is 19.4 Å². The van der Waals surface area contributed by atoms with E-state index in [1.807, 2.05) is 18.2 Å². The molecule has 3 aromatic carbocycles. The van der Waals surface area contributed by atoms with Gasteiger partial charge in [0, 0.05) is 17.8 Å². The molecule has 1 heterocycles. The van der Waals surface area contributed by atoms with E-state index in [1.165, 1.54) is 0 Å². The molecule has 0 aliphatic carbocycles. The quantitative estimate of drug-likeness (QED) is 0.711. The van der Waals surface area contributed by atoms with Crippen molar-refractivity contribution in [3.63, 3.8) is 0 Å². The Balaban J connectivity index is 1.60. The van der Waals surface area contributed by atoms with E-state index in [4.69, 9.17) is 5.11 Å². The molecule has 0 bridgehead atoms. The number of aliphatic hydroxyl groups excluding tert-OH is 1. The largest absolute Gasteiger partial charge is 0.392 e. The van der Waals surface area contributed by atoms with E-state index in [1.54, 1.807) is 53.4 Å². The van der Waals surface area contributed by atoms with Crippen LogP contribution >= 0.6 is 0 Å². The third-order valence-corrected chi connectivity index (χ3v) is 5.16. The summed E-state index contributed by atoms with van der Waals surface area (Å²) in [7, 11) is 0. The molecule has 1 aliphatic heterocycles. The van der Waals surface area contributed by atoms with E-state index >= 15 is 0 Å². The van der Waals surface area contributed by atoms with Crippen molar-refractivity contribution in [3.8, 4) is 0 Å². The van der Waals surface area contributed by atoms with E-state index in [0.717, 1.165) is 29.7 Å². The Morgan fingerprint density at radius 3 is 2.45 bits per heavy atom. The molecular formula is C24H22N2O3. The molecule has 146 valence electrons. The molecule has 5 nitrogen and oxygen atoms in total. The fraction of sp³-hybridized carbons (Fsp3) is 0.167. The lowest BCUT2D eigenvalue weighted by molar-refractivity contribution is 0.0986. The number of nitrogens with zero attached hydrogens (tertiary/aromatic N) is 1. The summed E-state index contributed by atoms with van der Waals surface area (Å²) in [5, 5.41) is 12.0. The molecule has 3 aromatic rings. The molecule has 0 atom stereocenters. The van der Waals surface area contributed by atoms with Gasteiger partial charge in [-0.1, -0.05) is 42.5 Å². The first-order chi connectivity index (χ1) is 14.2. The Morgan fingerprint density at radius 2 is 1.66 bits per heavy atom. The Kier molecular flexibility index (Phi) is 5.40. The van der Waals surface area contributed by atoms with Crippen LogP contribution in [0.1, 0.15) is 38.3 Å². The number of aryl methyl sites for hydroxylation is 1. The van der Waals surface area contributed by atoms with Gasteiger partial charge in [-0.15, -0.1) is 0 Å². The molecule has 0 saturated heterocycles. The second kappa shape index (κ2) is 8.29. The molecule has 2 amide bonds. The third-order valence-electron chi connectivity index (χ3n) is 5.16. The van der Waals surface area contributed by atoms with Crippen LogP contribution < -0.4 is 10.2 Å². The van der Waals surface area contributed by atoms with Crippen LogP contribution in [0.5, 0.6) is 0 Å². The summed E-state index contributed by atoms with van der Waals surface area (Å²) in [4.78, 5) is 27.8. The minimum absolute atomic E-state index is 0.0729. The smallest absolute Gasteiger partial charge is 0.260 e. The average Bonchev–Trinajstić information content (AvgIpc) is 2.78. The predicted molar refractivity (Wildman–Crippen MR) is 113 cm³/mol. The highest BCUT2D eigenvalue weighted by Gasteiger charge is 2.25. The molecule has 5 heteroatoms. The van der Waals surface area contributed by atoms with Crippen molar-refractivity contribution in [2.75, 3.05) is 16.8 Å². The summed E-state index contributed by atoms with van der Waals surface area (Å²) in [5.41, 5.74) is 4.25. The molecule has 1 aliphatic rings. The van der Waals surface area contributed by atoms with Gasteiger partial charge in [-0.2, -0.15) is 0 Å². The number of benzene rings is 3. The van der Waals surface area contributed by atoms with E-state index in [-0.39, 0.29) is 18.4 Å². The zero-order valence-electron chi connectivity index (χ0n) is 16.0. The topological polar surface area (TPSA) is 69.6 Å². The van der Waals surface area contributed by atoms with Gasteiger partial charge in [0.1, 0.15) is 0 Å². The van der Waals surface area contributed by atoms with Crippen molar-refractivity contribution < 1.29 is 14.7 Å². The summed E-state index contributed by atoms with van der Waals surface area (Å²) in [6.07, 6.45) is 1.87. The normalized spacial score (nSPS) is 12.9. The molecule has 0 unspecified atom stereocenters. The Hall–Kier alpha value is -3.44. The number of rotatable bonds is 4. The van der Waals surface area contributed by atoms with Crippen LogP contribution in [0.15, 0.2) is 72.8 Å². The first-order valence-corrected chi connectivity index (χ1v) is 9.67. The number of hydrogen-bond donors (Lipinski definition) is 2. The molecule has 4 rings (SSSR count). The van der Waals surface area contributed by atoms with Gasteiger partial charge in [-0.25, -0.2) is 0 Å². The highest BCUT2D eigenvalue weighted by atomic mass is 16.3. The van der Waals surface area contributed by atoms with Crippen LogP contribution in [0.4, 0.5) is 11.4 Å². The SMILES string of the molecule is O=C(Nc1ccccc1C(=O)N1CCCc2ccccc21)c1ccc(CO)cc1. The van der Waals surface area contributed by atoms with Gasteiger partial charge >= 0.3 is 0 Å². The van der Waals surface area contributed by atoms with Crippen molar-refractivity contribution in [3.05, 3.63) is 95.1 Å². The van der Waals surface area contributed by atoms with Crippen LogP contribution in [0.3, 0.4) is 0 Å². The van der Waals surface area contributed by atoms with Crippen molar-refractivity contribution >= 4 is 23.2 Å². The minimum Gasteiger partial charge on any atom is -0.392 e. The predicted octanol–water partition coefficient (Wildman–Crippen LogP) is 4.02. The number of carbonyl (C=O) groups is 2. The molecule has 0 fully saturated rings. The summed E-state index contributed by atoms with van der Waals surface area (Å²) < 4.78 is 0. The van der Waals surface area contributed by atoms with Crippen molar-refractivity contribution in [2.24, 2.45) is 0 Å². The lowest BCUT2D eigenvalue weighted by atomic mass is 10.0. The molecule has 0 spiro atoms. The second-order valence-corrected chi connectivity index (χ2v) is 7.04. The average molecular weight is 386 g/mol. The number of hydrogen-bond acceptors (Lipinski definition) is 3. The van der Waals surface area contributed by atoms with Gasteiger partial charge in [-0.05, 0) is 54.3 Å². The van der Waals surface area contributed by atoms with Crippen molar-refractivity contribution in [1.82, 2.24) is 0 Å². The summed E-state index contributed by atoms with van der Waals surface area (Å²) in [5.74, 6) is -0.419. The highest BCUT2D eigenvalue weighted by Crippen LogP contribution is 2.29. The van der Waals surface area contributed by atoms with E-state index in [9.17, 15) is 9.59 Å². The van der Waals surface area contributed by atoms with E-state index in [0.29, 0.717) is 23.4 Å². The number of carbonyl (C=O) groups excluding carboxylic acids is 2. The van der Waals surface area contributed by atoms with Crippen molar-refractivity contribution in [1.29, 1.82) is 0 Å². The zero-order chi connectivity index (χ0) is 20.2. The van der Waals surface area contributed by atoms with Gasteiger partial charge < -0.3 is 15.3 Å². The molecule has 0 saturated carbocycles. The summed E-state index contributed by atoms with van der Waals surface area (Å²) in [6, 6.07) is 21.8. The molecular weight excluding hydrogens is 364 g/mol. The number of fused-ring (bicyclic) bond motifs is 1. The lowest BCUT2D eigenvalue weighted by Gasteiger charge is -2.30. The number of nitrogens with one attached hydrogen (secondary N) is 1. The number of anilines is 2. The molecule has 0 radical (unpaired) electrons. The van der Waals surface area contributed by atoms with Crippen LogP contribution in [-0.4, -0.2) is 23.5 Å². The maximum Gasteiger partial charge on any atom is 0.260 e. The van der Waals surface area contributed by atoms with Crippen LogP contribution in [0.2, 0.25) is 0 Å². The van der Waals surface area contributed by atoms with E-state index < -0.39 is 0 Å². The highest BCUT2D eigenvalue weighted by molar-refractivity contribution is 6.13. The second-order valence-electron chi connectivity index (χ2n) is 7.04. The van der Waals surface area contributed by atoms with E-state index in [2.05, 4.69) is 11.4 Å².